The predicted molar refractivity (Wildman–Crippen MR) is 69.0 cm³/mol. The van der Waals surface area contributed by atoms with Crippen LogP contribution in [0.2, 0.25) is 0 Å². The first-order valence-electron chi connectivity index (χ1n) is 4.58. The summed E-state index contributed by atoms with van der Waals surface area (Å²) in [6.45, 7) is 1.95. The summed E-state index contributed by atoms with van der Waals surface area (Å²) in [6, 6.07) is 7.60. The van der Waals surface area contributed by atoms with Crippen molar-refractivity contribution in [3.63, 3.8) is 0 Å². The molecule has 0 atom stereocenters. The van der Waals surface area contributed by atoms with E-state index in [0.29, 0.717) is 5.56 Å². The molecule has 2 rings (SSSR count). The number of nitriles is 1. The van der Waals surface area contributed by atoms with E-state index < -0.39 is 0 Å². The van der Waals surface area contributed by atoms with Crippen LogP contribution >= 0.6 is 27.3 Å². The maximum absolute atomic E-state index is 8.79. The van der Waals surface area contributed by atoms with Crippen LogP contribution in [0.1, 0.15) is 11.3 Å². The van der Waals surface area contributed by atoms with E-state index >= 15 is 0 Å². The Bertz CT molecular complexity index is 557. The molecule has 16 heavy (non-hydrogen) atoms. The highest BCUT2D eigenvalue weighted by Crippen LogP contribution is 2.25. The van der Waals surface area contributed by atoms with E-state index in [1.807, 2.05) is 24.4 Å². The Morgan fingerprint density at radius 1 is 1.50 bits per heavy atom. The zero-order valence-electron chi connectivity index (χ0n) is 8.49. The van der Waals surface area contributed by atoms with Gasteiger partial charge in [-0.15, -0.1) is 11.3 Å². The van der Waals surface area contributed by atoms with Gasteiger partial charge in [-0.1, -0.05) is 0 Å². The average molecular weight is 294 g/mol. The van der Waals surface area contributed by atoms with Gasteiger partial charge in [0.1, 0.15) is 6.07 Å². The number of benzene rings is 1. The Hall–Kier alpha value is -1.38. The zero-order chi connectivity index (χ0) is 11.5. The lowest BCUT2D eigenvalue weighted by molar-refractivity contribution is 1.26. The lowest BCUT2D eigenvalue weighted by atomic mass is 10.2. The highest BCUT2D eigenvalue weighted by Gasteiger charge is 2.02. The standard InChI is InChI=1S/C11H8BrN3S/c1-7-6-16-11(14-7)15-9-3-2-8(5-13)10(12)4-9/h2-4,6H,1H3,(H,14,15). The number of hydrogen-bond acceptors (Lipinski definition) is 4. The molecule has 1 aromatic carbocycles. The van der Waals surface area contributed by atoms with Crippen molar-refractivity contribution in [3.05, 3.63) is 39.3 Å². The second kappa shape index (κ2) is 4.64. The number of nitrogens with zero attached hydrogens (tertiary/aromatic N) is 2. The Morgan fingerprint density at radius 3 is 2.88 bits per heavy atom. The number of anilines is 2. The average Bonchev–Trinajstić information content (AvgIpc) is 2.64. The molecule has 1 heterocycles. The molecule has 0 aliphatic rings. The molecule has 0 amide bonds. The minimum atomic E-state index is 0.626. The zero-order valence-corrected chi connectivity index (χ0v) is 10.9. The molecule has 0 unspecified atom stereocenters. The third-order valence-electron chi connectivity index (χ3n) is 1.96. The minimum absolute atomic E-state index is 0.626. The first kappa shape index (κ1) is 11.1. The van der Waals surface area contributed by atoms with Crippen molar-refractivity contribution < 1.29 is 0 Å². The summed E-state index contributed by atoms with van der Waals surface area (Å²) < 4.78 is 0.785. The molecule has 1 aromatic heterocycles. The molecular formula is C11H8BrN3S. The normalized spacial score (nSPS) is 9.81. The quantitative estimate of drug-likeness (QED) is 0.915. The van der Waals surface area contributed by atoms with Crippen molar-refractivity contribution in [2.75, 3.05) is 5.32 Å². The summed E-state index contributed by atoms with van der Waals surface area (Å²) in [5, 5.41) is 14.8. The molecule has 0 bridgehead atoms. The summed E-state index contributed by atoms with van der Waals surface area (Å²) >= 11 is 4.90. The first-order valence-corrected chi connectivity index (χ1v) is 6.25. The smallest absolute Gasteiger partial charge is 0.187 e. The molecule has 0 aliphatic heterocycles. The fraction of sp³-hybridized carbons (Fsp3) is 0.0909. The highest BCUT2D eigenvalue weighted by molar-refractivity contribution is 9.10. The molecule has 0 radical (unpaired) electrons. The van der Waals surface area contributed by atoms with Crippen LogP contribution in [0.3, 0.4) is 0 Å². The molecule has 1 N–H and O–H groups in total. The first-order chi connectivity index (χ1) is 7.69. The SMILES string of the molecule is Cc1csc(Nc2ccc(C#N)c(Br)c2)n1. The van der Waals surface area contributed by atoms with Gasteiger partial charge in [0.05, 0.1) is 11.3 Å². The molecule has 80 valence electrons. The van der Waals surface area contributed by atoms with Crippen molar-refractivity contribution >= 4 is 38.1 Å². The van der Waals surface area contributed by atoms with Gasteiger partial charge in [0, 0.05) is 15.5 Å². The van der Waals surface area contributed by atoms with Crippen LogP contribution in [-0.2, 0) is 0 Å². The van der Waals surface area contributed by atoms with E-state index in [2.05, 4.69) is 32.3 Å². The molecule has 2 aromatic rings. The number of thiazole rings is 1. The van der Waals surface area contributed by atoms with Gasteiger partial charge in [0.15, 0.2) is 5.13 Å². The number of halogens is 1. The van der Waals surface area contributed by atoms with Crippen LogP contribution in [-0.4, -0.2) is 4.98 Å². The van der Waals surface area contributed by atoms with Crippen LogP contribution in [0.15, 0.2) is 28.1 Å². The third kappa shape index (κ3) is 2.40. The maximum atomic E-state index is 8.79. The minimum Gasteiger partial charge on any atom is -0.332 e. The van der Waals surface area contributed by atoms with Gasteiger partial charge in [-0.3, -0.25) is 0 Å². The Kier molecular flexibility index (Phi) is 3.22. The van der Waals surface area contributed by atoms with E-state index in [4.69, 9.17) is 5.26 Å². The number of aromatic nitrogens is 1. The van der Waals surface area contributed by atoms with Crippen LogP contribution in [0.25, 0.3) is 0 Å². The van der Waals surface area contributed by atoms with Crippen LogP contribution in [0, 0.1) is 18.3 Å². The third-order valence-corrected chi connectivity index (χ3v) is 3.49. The molecule has 5 heteroatoms. The van der Waals surface area contributed by atoms with Gasteiger partial charge in [0.2, 0.25) is 0 Å². The van der Waals surface area contributed by atoms with Crippen LogP contribution < -0.4 is 5.32 Å². The second-order valence-electron chi connectivity index (χ2n) is 3.23. The van der Waals surface area contributed by atoms with Gasteiger partial charge < -0.3 is 5.32 Å². The summed E-state index contributed by atoms with van der Waals surface area (Å²) in [5.41, 5.74) is 2.54. The Morgan fingerprint density at radius 2 is 2.31 bits per heavy atom. The number of nitrogens with one attached hydrogen (secondary N) is 1. The van der Waals surface area contributed by atoms with Gasteiger partial charge in [0.25, 0.3) is 0 Å². The topological polar surface area (TPSA) is 48.7 Å². The van der Waals surface area contributed by atoms with Crippen molar-refractivity contribution in [1.82, 2.24) is 4.98 Å². The van der Waals surface area contributed by atoms with Gasteiger partial charge in [-0.2, -0.15) is 5.26 Å². The molecule has 0 aliphatic carbocycles. The highest BCUT2D eigenvalue weighted by atomic mass is 79.9. The number of aryl methyl sites for hydroxylation is 1. The van der Waals surface area contributed by atoms with E-state index in [1.54, 1.807) is 17.4 Å². The fourth-order valence-corrected chi connectivity index (χ4v) is 2.39. The van der Waals surface area contributed by atoms with E-state index in [-0.39, 0.29) is 0 Å². The predicted octanol–water partition coefficient (Wildman–Crippen LogP) is 3.83. The van der Waals surface area contributed by atoms with Crippen molar-refractivity contribution in [1.29, 1.82) is 5.26 Å². The maximum Gasteiger partial charge on any atom is 0.187 e. The molecule has 3 nitrogen and oxygen atoms in total. The van der Waals surface area contributed by atoms with Crippen LogP contribution in [0.4, 0.5) is 10.8 Å². The van der Waals surface area contributed by atoms with Gasteiger partial charge in [-0.05, 0) is 41.1 Å². The molecule has 0 saturated carbocycles. The number of hydrogen-bond donors (Lipinski definition) is 1. The molecule has 0 spiro atoms. The Labute approximate surface area is 106 Å². The summed E-state index contributed by atoms with van der Waals surface area (Å²) in [5.74, 6) is 0. The summed E-state index contributed by atoms with van der Waals surface area (Å²) in [6.07, 6.45) is 0. The van der Waals surface area contributed by atoms with Crippen molar-refractivity contribution in [3.8, 4) is 6.07 Å². The van der Waals surface area contributed by atoms with E-state index in [1.165, 1.54) is 0 Å². The number of rotatable bonds is 2. The molecule has 0 saturated heterocycles. The van der Waals surface area contributed by atoms with Crippen molar-refractivity contribution in [2.45, 2.75) is 6.92 Å². The summed E-state index contributed by atoms with van der Waals surface area (Å²) in [7, 11) is 0. The Balaban J connectivity index is 2.23. The monoisotopic (exact) mass is 293 g/mol. The lowest BCUT2D eigenvalue weighted by Gasteiger charge is -2.03. The largest absolute Gasteiger partial charge is 0.332 e. The second-order valence-corrected chi connectivity index (χ2v) is 4.94. The van der Waals surface area contributed by atoms with E-state index in [9.17, 15) is 0 Å². The van der Waals surface area contributed by atoms with Crippen molar-refractivity contribution in [2.24, 2.45) is 0 Å². The lowest BCUT2D eigenvalue weighted by Crippen LogP contribution is -1.90. The molecule has 0 fully saturated rings. The van der Waals surface area contributed by atoms with Crippen LogP contribution in [0.5, 0.6) is 0 Å². The summed E-state index contributed by atoms with van der Waals surface area (Å²) in [4.78, 5) is 4.31. The van der Waals surface area contributed by atoms with E-state index in [0.717, 1.165) is 21.0 Å². The molecular weight excluding hydrogens is 286 g/mol. The van der Waals surface area contributed by atoms with Gasteiger partial charge in [-0.25, -0.2) is 4.98 Å². The van der Waals surface area contributed by atoms with Gasteiger partial charge >= 0.3 is 0 Å². The fourth-order valence-electron chi connectivity index (χ4n) is 1.22.